The van der Waals surface area contributed by atoms with Gasteiger partial charge >= 0.3 is 0 Å². The van der Waals surface area contributed by atoms with Gasteiger partial charge in [0.2, 0.25) is 0 Å². The molecule has 3 aliphatic carbocycles. The molecule has 2 fully saturated rings. The van der Waals surface area contributed by atoms with Crippen LogP contribution in [0.3, 0.4) is 0 Å². The van der Waals surface area contributed by atoms with Gasteiger partial charge in [-0.15, -0.1) is 0 Å². The number of nitrogens with two attached hydrogens (primary N) is 1. The van der Waals surface area contributed by atoms with Crippen LogP contribution in [0.25, 0.3) is 0 Å². The van der Waals surface area contributed by atoms with Gasteiger partial charge in [-0.1, -0.05) is 24.3 Å². The van der Waals surface area contributed by atoms with Crippen LogP contribution >= 0.6 is 0 Å². The predicted molar refractivity (Wildman–Crippen MR) is 75.9 cm³/mol. The van der Waals surface area contributed by atoms with E-state index in [2.05, 4.69) is 24.3 Å². The monoisotopic (exact) mass is 257 g/mol. The molecule has 1 aromatic carbocycles. The summed E-state index contributed by atoms with van der Waals surface area (Å²) in [5, 5.41) is 11.5. The lowest BCUT2D eigenvalue weighted by Crippen LogP contribution is -2.57. The molecule has 3 N–H and O–H groups in total. The zero-order chi connectivity index (χ0) is 13.1. The molecule has 0 aromatic heterocycles. The van der Waals surface area contributed by atoms with Gasteiger partial charge in [-0.2, -0.15) is 0 Å². The number of aliphatic hydroxyl groups is 1. The smallest absolute Gasteiger partial charge is 0.0787 e. The first-order chi connectivity index (χ1) is 9.19. The third kappa shape index (κ3) is 1.34. The lowest BCUT2D eigenvalue weighted by Gasteiger charge is -2.48. The van der Waals surface area contributed by atoms with Gasteiger partial charge in [0, 0.05) is 12.0 Å². The predicted octanol–water partition coefficient (Wildman–Crippen LogP) is 2.38. The molecule has 102 valence electrons. The van der Waals surface area contributed by atoms with Crippen LogP contribution < -0.4 is 5.73 Å². The van der Waals surface area contributed by atoms with E-state index in [1.807, 2.05) is 0 Å². The fourth-order valence-electron chi connectivity index (χ4n) is 5.41. The van der Waals surface area contributed by atoms with Gasteiger partial charge in [-0.05, 0) is 61.5 Å². The lowest BCUT2D eigenvalue weighted by atomic mass is 9.61. The Morgan fingerprint density at radius 2 is 2.11 bits per heavy atom. The highest BCUT2D eigenvalue weighted by Crippen LogP contribution is 2.60. The average molecular weight is 257 g/mol. The van der Waals surface area contributed by atoms with Gasteiger partial charge in [0.1, 0.15) is 0 Å². The van der Waals surface area contributed by atoms with E-state index in [0.717, 1.165) is 25.2 Å². The van der Waals surface area contributed by atoms with Crippen molar-refractivity contribution in [2.75, 3.05) is 6.54 Å². The zero-order valence-electron chi connectivity index (χ0n) is 11.4. The van der Waals surface area contributed by atoms with E-state index < -0.39 is 5.60 Å². The summed E-state index contributed by atoms with van der Waals surface area (Å²) in [5.41, 5.74) is 8.25. The molecule has 0 radical (unpaired) electrons. The van der Waals surface area contributed by atoms with Crippen LogP contribution in [0, 0.1) is 11.8 Å². The molecular formula is C17H23NO. The molecule has 3 aliphatic rings. The maximum atomic E-state index is 11.5. The highest BCUT2D eigenvalue weighted by Gasteiger charge is 2.62. The summed E-state index contributed by atoms with van der Waals surface area (Å²) in [6.07, 6.45) is 6.82. The molecular weight excluding hydrogens is 234 g/mol. The van der Waals surface area contributed by atoms with E-state index in [-0.39, 0.29) is 5.41 Å². The van der Waals surface area contributed by atoms with E-state index in [1.54, 1.807) is 0 Å². The van der Waals surface area contributed by atoms with Crippen molar-refractivity contribution in [1.29, 1.82) is 0 Å². The quantitative estimate of drug-likeness (QED) is 0.854. The fourth-order valence-corrected chi connectivity index (χ4v) is 5.41. The van der Waals surface area contributed by atoms with Crippen LogP contribution in [0.2, 0.25) is 0 Å². The number of aryl methyl sites for hydroxylation is 1. The standard InChI is InChI=1S/C17H23NO/c18-11-16(8-7-13-3-1-2-4-15(13)16)17(19)10-12-5-6-14(17)9-12/h1-4,12,14,19H,5-11,18H2. The Hall–Kier alpha value is -0.860. The zero-order valence-corrected chi connectivity index (χ0v) is 11.4. The van der Waals surface area contributed by atoms with Gasteiger partial charge < -0.3 is 10.8 Å². The maximum absolute atomic E-state index is 11.5. The van der Waals surface area contributed by atoms with Crippen LogP contribution in [0.5, 0.6) is 0 Å². The first-order valence-corrected chi connectivity index (χ1v) is 7.70. The average Bonchev–Trinajstić information content (AvgIpc) is 3.10. The van der Waals surface area contributed by atoms with Gasteiger partial charge in [-0.3, -0.25) is 0 Å². The summed E-state index contributed by atoms with van der Waals surface area (Å²) < 4.78 is 0. The molecule has 2 nitrogen and oxygen atoms in total. The Morgan fingerprint density at radius 1 is 1.26 bits per heavy atom. The number of hydrogen-bond donors (Lipinski definition) is 2. The normalized spacial score (nSPS) is 43.7. The van der Waals surface area contributed by atoms with Crippen LogP contribution in [-0.2, 0) is 11.8 Å². The van der Waals surface area contributed by atoms with Crippen molar-refractivity contribution >= 4 is 0 Å². The van der Waals surface area contributed by atoms with Crippen molar-refractivity contribution in [2.24, 2.45) is 17.6 Å². The summed E-state index contributed by atoms with van der Waals surface area (Å²) in [6.45, 7) is 0.587. The Morgan fingerprint density at radius 3 is 2.79 bits per heavy atom. The van der Waals surface area contributed by atoms with Crippen molar-refractivity contribution in [3.05, 3.63) is 35.4 Å². The van der Waals surface area contributed by atoms with Gasteiger partial charge in [0.05, 0.1) is 5.60 Å². The van der Waals surface area contributed by atoms with E-state index >= 15 is 0 Å². The van der Waals surface area contributed by atoms with Crippen molar-refractivity contribution in [1.82, 2.24) is 0 Å². The minimum atomic E-state index is -0.544. The first-order valence-electron chi connectivity index (χ1n) is 7.70. The molecule has 4 atom stereocenters. The Bertz CT molecular complexity index is 514. The molecule has 0 aliphatic heterocycles. The summed E-state index contributed by atoms with van der Waals surface area (Å²) in [6, 6.07) is 8.63. The van der Waals surface area contributed by atoms with Crippen LogP contribution in [-0.4, -0.2) is 17.3 Å². The molecule has 0 amide bonds. The maximum Gasteiger partial charge on any atom is 0.0787 e. The van der Waals surface area contributed by atoms with E-state index in [4.69, 9.17) is 5.73 Å². The minimum Gasteiger partial charge on any atom is -0.389 e. The molecule has 1 aromatic rings. The third-order valence-electron chi connectivity index (χ3n) is 6.35. The molecule has 19 heavy (non-hydrogen) atoms. The molecule has 4 unspecified atom stereocenters. The topological polar surface area (TPSA) is 46.2 Å². The van der Waals surface area contributed by atoms with Crippen LogP contribution in [0.4, 0.5) is 0 Å². The molecule has 0 spiro atoms. The van der Waals surface area contributed by atoms with Crippen LogP contribution in [0.15, 0.2) is 24.3 Å². The Balaban J connectivity index is 1.84. The number of hydrogen-bond acceptors (Lipinski definition) is 2. The SMILES string of the molecule is NCC1(C2(O)CC3CCC2C3)CCc2ccccc21. The van der Waals surface area contributed by atoms with E-state index in [9.17, 15) is 5.11 Å². The largest absolute Gasteiger partial charge is 0.389 e. The number of fused-ring (bicyclic) bond motifs is 3. The highest BCUT2D eigenvalue weighted by molar-refractivity contribution is 5.44. The summed E-state index contributed by atoms with van der Waals surface area (Å²) in [7, 11) is 0. The molecule has 2 bridgehead atoms. The molecule has 0 saturated heterocycles. The molecule has 0 heterocycles. The lowest BCUT2D eigenvalue weighted by molar-refractivity contribution is -0.0808. The second-order valence-electron chi connectivity index (χ2n) is 6.95. The third-order valence-corrected chi connectivity index (χ3v) is 6.35. The van der Waals surface area contributed by atoms with E-state index in [0.29, 0.717) is 12.5 Å². The van der Waals surface area contributed by atoms with Crippen molar-refractivity contribution < 1.29 is 5.11 Å². The second kappa shape index (κ2) is 3.83. The summed E-state index contributed by atoms with van der Waals surface area (Å²) >= 11 is 0. The van der Waals surface area contributed by atoms with Crippen molar-refractivity contribution in [2.45, 2.75) is 49.5 Å². The number of rotatable bonds is 2. The van der Waals surface area contributed by atoms with Gasteiger partial charge in [0.15, 0.2) is 0 Å². The highest BCUT2D eigenvalue weighted by atomic mass is 16.3. The Labute approximate surface area is 115 Å². The van der Waals surface area contributed by atoms with Gasteiger partial charge in [0.25, 0.3) is 0 Å². The minimum absolute atomic E-state index is 0.177. The van der Waals surface area contributed by atoms with Crippen molar-refractivity contribution in [3.63, 3.8) is 0 Å². The number of benzene rings is 1. The van der Waals surface area contributed by atoms with Crippen LogP contribution in [0.1, 0.15) is 43.2 Å². The second-order valence-corrected chi connectivity index (χ2v) is 6.95. The summed E-state index contributed by atoms with van der Waals surface area (Å²) in [5.74, 6) is 1.22. The molecule has 2 heteroatoms. The Kier molecular flexibility index (Phi) is 2.40. The fraction of sp³-hybridized carbons (Fsp3) is 0.647. The van der Waals surface area contributed by atoms with E-state index in [1.165, 1.54) is 30.4 Å². The molecule has 4 rings (SSSR count). The molecule has 2 saturated carbocycles. The van der Waals surface area contributed by atoms with Gasteiger partial charge in [-0.25, -0.2) is 0 Å². The van der Waals surface area contributed by atoms with Crippen molar-refractivity contribution in [3.8, 4) is 0 Å². The summed E-state index contributed by atoms with van der Waals surface area (Å²) in [4.78, 5) is 0. The first kappa shape index (κ1) is 11.9.